The summed E-state index contributed by atoms with van der Waals surface area (Å²) >= 11 is 0. The second-order valence-corrected chi connectivity index (χ2v) is 12.5. The first-order valence-electron chi connectivity index (χ1n) is 16.3. The van der Waals surface area contributed by atoms with Crippen LogP contribution < -0.4 is 24.8 Å². The highest BCUT2D eigenvalue weighted by Crippen LogP contribution is 2.43. The van der Waals surface area contributed by atoms with Crippen LogP contribution in [0.4, 0.5) is 20.2 Å². The molecule has 252 valence electrons. The minimum atomic E-state index is -1.31. The number of hydrogen-bond acceptors (Lipinski definition) is 8. The number of nitrogens with zero attached hydrogens (tertiary/aromatic N) is 3. The normalized spacial score (nSPS) is 16.2. The van der Waals surface area contributed by atoms with Gasteiger partial charge in [0.05, 0.1) is 24.6 Å². The van der Waals surface area contributed by atoms with Crippen LogP contribution in [0, 0.1) is 23.0 Å². The molecule has 2 amide bonds. The summed E-state index contributed by atoms with van der Waals surface area (Å²) in [7, 11) is 1.54. The van der Waals surface area contributed by atoms with E-state index in [0.29, 0.717) is 54.0 Å². The molecule has 1 aliphatic heterocycles. The molecule has 2 N–H and O–H groups in total. The van der Waals surface area contributed by atoms with Crippen molar-refractivity contribution in [2.24, 2.45) is 11.3 Å². The minimum Gasteiger partial charge on any atom is -0.493 e. The van der Waals surface area contributed by atoms with Crippen molar-refractivity contribution in [2.45, 2.75) is 45.4 Å². The fourth-order valence-electron chi connectivity index (χ4n) is 6.04. The molecule has 12 heteroatoms. The molecule has 0 unspecified atom stereocenters. The van der Waals surface area contributed by atoms with E-state index in [1.54, 1.807) is 19.2 Å². The number of aromatic nitrogens is 2. The maximum atomic E-state index is 15.3. The van der Waals surface area contributed by atoms with Crippen molar-refractivity contribution in [2.75, 3.05) is 44.0 Å². The number of hydrogen-bond donors (Lipinski definition) is 2. The number of anilines is 2. The Labute approximate surface area is 277 Å². The molecule has 4 aromatic rings. The van der Waals surface area contributed by atoms with Crippen LogP contribution in [0.15, 0.2) is 60.9 Å². The fourth-order valence-corrected chi connectivity index (χ4v) is 6.04. The van der Waals surface area contributed by atoms with Gasteiger partial charge in [-0.05, 0) is 93.6 Å². The quantitative estimate of drug-likeness (QED) is 0.124. The number of likely N-dealkylation sites (tertiary alicyclic amines) is 1. The van der Waals surface area contributed by atoms with Crippen LogP contribution >= 0.6 is 0 Å². The van der Waals surface area contributed by atoms with Gasteiger partial charge in [-0.3, -0.25) is 9.59 Å². The second-order valence-electron chi connectivity index (χ2n) is 12.5. The van der Waals surface area contributed by atoms with E-state index in [0.717, 1.165) is 38.0 Å². The summed E-state index contributed by atoms with van der Waals surface area (Å²) in [6.07, 6.45) is 6.04. The minimum absolute atomic E-state index is 0.116. The number of fused-ring (bicyclic) bond motifs is 1. The first-order chi connectivity index (χ1) is 23.2. The van der Waals surface area contributed by atoms with E-state index >= 15 is 4.39 Å². The van der Waals surface area contributed by atoms with Crippen molar-refractivity contribution < 1.29 is 32.6 Å². The number of carbonyl (C=O) groups is 2. The number of benzene rings is 3. The van der Waals surface area contributed by atoms with E-state index < -0.39 is 28.9 Å². The summed E-state index contributed by atoms with van der Waals surface area (Å²) in [5.74, 6) is -0.412. The summed E-state index contributed by atoms with van der Waals surface area (Å²) in [4.78, 5) is 37.4. The lowest BCUT2D eigenvalue weighted by Crippen LogP contribution is -2.50. The first-order valence-corrected chi connectivity index (χ1v) is 16.3. The average molecular weight is 660 g/mol. The molecule has 2 heterocycles. The Bertz CT molecular complexity index is 1780. The molecule has 1 saturated heterocycles. The first kappa shape index (κ1) is 33.1. The number of methoxy groups -OCH3 is 1. The Morgan fingerprint density at radius 2 is 1.62 bits per heavy atom. The average Bonchev–Trinajstić information content (AvgIpc) is 3.05. The van der Waals surface area contributed by atoms with Crippen LogP contribution in [0.25, 0.3) is 10.9 Å². The van der Waals surface area contributed by atoms with Gasteiger partial charge in [-0.25, -0.2) is 18.7 Å². The van der Waals surface area contributed by atoms with Gasteiger partial charge in [0.1, 0.15) is 17.6 Å². The SMILES string of the molecule is COc1cc2c(Oc3ccc(NC(=O)C4(C(=O)Nc5ccc(F)cc5)CCC4)cc3F)ncnc2cc1OCCCN1CCC(C)CC1. The van der Waals surface area contributed by atoms with Crippen LogP contribution in [0.1, 0.15) is 45.4 Å². The number of ether oxygens (including phenoxy) is 3. The van der Waals surface area contributed by atoms with Crippen LogP contribution in [0.5, 0.6) is 23.1 Å². The van der Waals surface area contributed by atoms with Crippen molar-refractivity contribution in [1.82, 2.24) is 14.9 Å². The maximum absolute atomic E-state index is 15.3. The number of halogens is 2. The molecule has 0 radical (unpaired) electrons. The van der Waals surface area contributed by atoms with Gasteiger partial charge >= 0.3 is 0 Å². The highest BCUT2D eigenvalue weighted by molar-refractivity contribution is 6.15. The molecule has 1 aliphatic carbocycles. The third kappa shape index (κ3) is 7.33. The summed E-state index contributed by atoms with van der Waals surface area (Å²) in [5.41, 5.74) is -0.232. The number of nitrogens with one attached hydrogen (secondary N) is 2. The van der Waals surface area contributed by atoms with Crippen LogP contribution in [-0.4, -0.2) is 60.0 Å². The maximum Gasteiger partial charge on any atom is 0.240 e. The monoisotopic (exact) mass is 659 g/mol. The third-order valence-electron chi connectivity index (χ3n) is 9.21. The summed E-state index contributed by atoms with van der Waals surface area (Å²) < 4.78 is 46.1. The number of amides is 2. The van der Waals surface area contributed by atoms with Gasteiger partial charge in [0.15, 0.2) is 23.1 Å². The zero-order valence-electron chi connectivity index (χ0n) is 27.1. The largest absolute Gasteiger partial charge is 0.493 e. The molecule has 10 nitrogen and oxygen atoms in total. The van der Waals surface area contributed by atoms with Crippen molar-refractivity contribution in [1.29, 1.82) is 0 Å². The van der Waals surface area contributed by atoms with E-state index in [2.05, 4.69) is 32.4 Å². The Balaban J connectivity index is 1.10. The van der Waals surface area contributed by atoms with Gasteiger partial charge in [-0.2, -0.15) is 0 Å². The lowest BCUT2D eigenvalue weighted by Gasteiger charge is -2.38. The molecule has 0 spiro atoms. The number of carbonyl (C=O) groups excluding carboxylic acids is 2. The molecular weight excluding hydrogens is 620 g/mol. The highest BCUT2D eigenvalue weighted by atomic mass is 19.1. The van der Waals surface area contributed by atoms with Gasteiger partial charge < -0.3 is 29.7 Å². The van der Waals surface area contributed by atoms with Crippen molar-refractivity contribution in [3.8, 4) is 23.1 Å². The van der Waals surface area contributed by atoms with Gasteiger partial charge in [0.2, 0.25) is 17.7 Å². The second kappa shape index (κ2) is 14.5. The highest BCUT2D eigenvalue weighted by Gasteiger charge is 2.51. The lowest BCUT2D eigenvalue weighted by atomic mass is 9.67. The van der Waals surface area contributed by atoms with Crippen molar-refractivity contribution >= 4 is 34.1 Å². The molecule has 0 bridgehead atoms. The van der Waals surface area contributed by atoms with Crippen molar-refractivity contribution in [3.05, 3.63) is 72.6 Å². The Kier molecular flexibility index (Phi) is 10.00. The van der Waals surface area contributed by atoms with Gasteiger partial charge in [0, 0.05) is 30.1 Å². The molecular formula is C36H39F2N5O5. The Morgan fingerprint density at radius 3 is 2.29 bits per heavy atom. The fraction of sp³-hybridized carbons (Fsp3) is 0.389. The van der Waals surface area contributed by atoms with Gasteiger partial charge in [0.25, 0.3) is 0 Å². The van der Waals surface area contributed by atoms with Gasteiger partial charge in [-0.1, -0.05) is 13.3 Å². The molecule has 6 rings (SSSR count). The predicted molar refractivity (Wildman–Crippen MR) is 177 cm³/mol. The van der Waals surface area contributed by atoms with E-state index in [4.69, 9.17) is 14.2 Å². The van der Waals surface area contributed by atoms with Crippen LogP contribution in [0.3, 0.4) is 0 Å². The molecule has 0 atom stereocenters. The standard InChI is InChI=1S/C36H39F2N5O5/c1-23-11-16-43(17-12-23)15-4-18-47-32-21-29-27(20-31(32)46-2)33(40-22-39-29)48-30-10-9-26(19-28(30)38)42-35(45)36(13-3-14-36)34(44)41-25-7-5-24(37)6-8-25/h5-10,19-23H,3-4,11-18H2,1-2H3,(H,41,44)(H,42,45). The summed E-state index contributed by atoms with van der Waals surface area (Å²) in [6.45, 7) is 6.05. The lowest BCUT2D eigenvalue weighted by molar-refractivity contribution is -0.142. The van der Waals surface area contributed by atoms with Gasteiger partial charge in [-0.15, -0.1) is 0 Å². The topological polar surface area (TPSA) is 115 Å². The molecule has 48 heavy (non-hydrogen) atoms. The molecule has 1 aromatic heterocycles. The summed E-state index contributed by atoms with van der Waals surface area (Å²) in [5, 5.41) is 5.86. The van der Waals surface area contributed by atoms with E-state index in [9.17, 15) is 14.0 Å². The Morgan fingerprint density at radius 1 is 0.917 bits per heavy atom. The Hall–Kier alpha value is -4.84. The van der Waals surface area contributed by atoms with E-state index in [-0.39, 0.29) is 17.3 Å². The van der Waals surface area contributed by atoms with Crippen LogP contribution in [-0.2, 0) is 9.59 Å². The van der Waals surface area contributed by atoms with Crippen LogP contribution in [0.2, 0.25) is 0 Å². The predicted octanol–water partition coefficient (Wildman–Crippen LogP) is 6.96. The molecule has 3 aromatic carbocycles. The molecule has 2 aliphatic rings. The smallest absolute Gasteiger partial charge is 0.240 e. The number of rotatable bonds is 12. The van der Waals surface area contributed by atoms with Crippen molar-refractivity contribution in [3.63, 3.8) is 0 Å². The third-order valence-corrected chi connectivity index (χ3v) is 9.21. The van der Waals surface area contributed by atoms with E-state index in [1.807, 2.05) is 0 Å². The number of piperidine rings is 1. The molecule has 2 fully saturated rings. The zero-order valence-corrected chi connectivity index (χ0v) is 27.1. The summed E-state index contributed by atoms with van der Waals surface area (Å²) in [6, 6.07) is 12.7. The molecule has 1 saturated carbocycles. The van der Waals surface area contributed by atoms with E-state index in [1.165, 1.54) is 55.6 Å². The zero-order chi connectivity index (χ0) is 33.7.